The van der Waals surface area contributed by atoms with Crippen molar-refractivity contribution in [2.45, 2.75) is 17.9 Å². The molecule has 0 spiro atoms. The lowest BCUT2D eigenvalue weighted by molar-refractivity contribution is 0.544. The van der Waals surface area contributed by atoms with E-state index in [1.165, 1.54) is 18.2 Å². The summed E-state index contributed by atoms with van der Waals surface area (Å²) in [6.07, 6.45) is 0. The predicted octanol–water partition coefficient (Wildman–Crippen LogP) is 0.451. The third-order valence-electron chi connectivity index (χ3n) is 1.84. The lowest BCUT2D eigenvalue weighted by Crippen LogP contribution is -2.38. The third kappa shape index (κ3) is 2.98. The average molecular weight is 232 g/mol. The number of benzene rings is 1. The van der Waals surface area contributed by atoms with Crippen molar-refractivity contribution in [2.75, 3.05) is 6.54 Å². The zero-order valence-electron chi connectivity index (χ0n) is 8.27. The average Bonchev–Trinajstić information content (AvgIpc) is 2.17. The highest BCUT2D eigenvalue weighted by atomic mass is 32.2. The number of halogens is 1. The number of nitrogens with one attached hydrogen (secondary N) is 1. The topological polar surface area (TPSA) is 72.2 Å². The van der Waals surface area contributed by atoms with Crippen LogP contribution in [0, 0.1) is 5.82 Å². The molecule has 4 nitrogen and oxygen atoms in total. The van der Waals surface area contributed by atoms with Crippen molar-refractivity contribution in [1.82, 2.24) is 4.72 Å². The van der Waals surface area contributed by atoms with Crippen LogP contribution in [0.3, 0.4) is 0 Å². The number of sulfonamides is 1. The maximum Gasteiger partial charge on any atom is 0.243 e. The van der Waals surface area contributed by atoms with E-state index in [4.69, 9.17) is 5.73 Å². The molecule has 0 fully saturated rings. The van der Waals surface area contributed by atoms with Gasteiger partial charge in [0.15, 0.2) is 0 Å². The van der Waals surface area contributed by atoms with Crippen molar-refractivity contribution in [3.05, 3.63) is 30.1 Å². The second-order valence-electron chi connectivity index (χ2n) is 3.19. The van der Waals surface area contributed by atoms with E-state index in [1.54, 1.807) is 6.92 Å². The van der Waals surface area contributed by atoms with Crippen LogP contribution in [0.15, 0.2) is 29.2 Å². The van der Waals surface area contributed by atoms with Gasteiger partial charge in [-0.25, -0.2) is 17.5 Å². The van der Waals surface area contributed by atoms with Gasteiger partial charge < -0.3 is 5.73 Å². The van der Waals surface area contributed by atoms with E-state index in [0.29, 0.717) is 0 Å². The predicted molar refractivity (Wildman–Crippen MR) is 55.2 cm³/mol. The molecule has 0 heterocycles. The van der Waals surface area contributed by atoms with Crippen LogP contribution in [0.4, 0.5) is 4.39 Å². The Kier molecular flexibility index (Phi) is 3.78. The van der Waals surface area contributed by atoms with Gasteiger partial charge in [0.25, 0.3) is 0 Å². The van der Waals surface area contributed by atoms with E-state index in [9.17, 15) is 12.8 Å². The molecule has 0 amide bonds. The molecule has 0 radical (unpaired) electrons. The lowest BCUT2D eigenvalue weighted by atomic mass is 10.3. The first-order valence-electron chi connectivity index (χ1n) is 4.44. The summed E-state index contributed by atoms with van der Waals surface area (Å²) in [7, 11) is -3.81. The van der Waals surface area contributed by atoms with E-state index >= 15 is 0 Å². The molecule has 1 aromatic carbocycles. The Morgan fingerprint density at radius 3 is 2.60 bits per heavy atom. The molecule has 0 aliphatic heterocycles. The largest absolute Gasteiger partial charge is 0.329 e. The van der Waals surface area contributed by atoms with Crippen molar-refractivity contribution in [3.63, 3.8) is 0 Å². The van der Waals surface area contributed by atoms with Gasteiger partial charge in [0.2, 0.25) is 10.0 Å². The summed E-state index contributed by atoms with van der Waals surface area (Å²) in [5.41, 5.74) is 5.27. The minimum atomic E-state index is -3.81. The Hall–Kier alpha value is -0.980. The summed E-state index contributed by atoms with van der Waals surface area (Å²) in [6, 6.07) is 4.78. The van der Waals surface area contributed by atoms with E-state index in [2.05, 4.69) is 4.72 Å². The highest BCUT2D eigenvalue weighted by molar-refractivity contribution is 7.89. The van der Waals surface area contributed by atoms with Gasteiger partial charge in [-0.1, -0.05) is 12.1 Å². The lowest BCUT2D eigenvalue weighted by Gasteiger charge is -2.12. The van der Waals surface area contributed by atoms with Crippen molar-refractivity contribution >= 4 is 10.0 Å². The van der Waals surface area contributed by atoms with E-state index < -0.39 is 21.9 Å². The summed E-state index contributed by atoms with van der Waals surface area (Å²) >= 11 is 0. The fraction of sp³-hybridized carbons (Fsp3) is 0.333. The molecule has 15 heavy (non-hydrogen) atoms. The Bertz CT molecular complexity index is 433. The summed E-state index contributed by atoms with van der Waals surface area (Å²) in [6.45, 7) is 1.77. The molecule has 6 heteroatoms. The zero-order chi connectivity index (χ0) is 11.5. The molecule has 0 bridgehead atoms. The maximum absolute atomic E-state index is 13.2. The molecule has 0 aromatic heterocycles. The highest BCUT2D eigenvalue weighted by Gasteiger charge is 2.19. The minimum Gasteiger partial charge on any atom is -0.329 e. The molecule has 3 N–H and O–H groups in total. The van der Waals surface area contributed by atoms with Crippen LogP contribution in [0.5, 0.6) is 0 Å². The monoisotopic (exact) mass is 232 g/mol. The van der Waals surface area contributed by atoms with Gasteiger partial charge in [-0.05, 0) is 19.1 Å². The Morgan fingerprint density at radius 2 is 2.07 bits per heavy atom. The molecular weight excluding hydrogens is 219 g/mol. The fourth-order valence-corrected chi connectivity index (χ4v) is 2.37. The van der Waals surface area contributed by atoms with Gasteiger partial charge in [-0.3, -0.25) is 0 Å². The Balaban J connectivity index is 3.02. The summed E-state index contributed by atoms with van der Waals surface area (Å²) in [5.74, 6) is -0.769. The van der Waals surface area contributed by atoms with Crippen LogP contribution in [0.1, 0.15) is 6.92 Å². The standard InChI is InChI=1S/C9H13FN2O2S/c1-7(6-11)12-15(13,14)9-5-3-2-4-8(9)10/h2-5,7,12H,6,11H2,1H3. The molecule has 1 unspecified atom stereocenters. The van der Waals surface area contributed by atoms with Gasteiger partial charge in [-0.15, -0.1) is 0 Å². The Morgan fingerprint density at radius 1 is 1.47 bits per heavy atom. The summed E-state index contributed by atoms with van der Waals surface area (Å²) in [5, 5.41) is 0. The molecule has 0 aliphatic carbocycles. The quantitative estimate of drug-likeness (QED) is 0.791. The van der Waals surface area contributed by atoms with Crippen LogP contribution >= 0.6 is 0 Å². The molecule has 0 saturated heterocycles. The molecule has 0 saturated carbocycles. The Labute approximate surface area is 88.3 Å². The van der Waals surface area contributed by atoms with Gasteiger partial charge in [-0.2, -0.15) is 0 Å². The zero-order valence-corrected chi connectivity index (χ0v) is 9.09. The van der Waals surface area contributed by atoms with Crippen LogP contribution in [-0.4, -0.2) is 21.0 Å². The van der Waals surface area contributed by atoms with Gasteiger partial charge >= 0.3 is 0 Å². The first kappa shape index (κ1) is 12.1. The van der Waals surface area contributed by atoms with Crippen LogP contribution < -0.4 is 10.5 Å². The van der Waals surface area contributed by atoms with Crippen molar-refractivity contribution in [1.29, 1.82) is 0 Å². The number of hydrogen-bond donors (Lipinski definition) is 2. The second-order valence-corrected chi connectivity index (χ2v) is 4.87. The SMILES string of the molecule is CC(CN)NS(=O)(=O)c1ccccc1F. The molecular formula is C9H13FN2O2S. The highest BCUT2D eigenvalue weighted by Crippen LogP contribution is 2.13. The normalized spacial score (nSPS) is 13.8. The molecule has 1 atom stereocenters. The molecule has 1 rings (SSSR count). The van der Waals surface area contributed by atoms with Crippen LogP contribution in [0.25, 0.3) is 0 Å². The third-order valence-corrected chi connectivity index (χ3v) is 3.46. The van der Waals surface area contributed by atoms with E-state index in [-0.39, 0.29) is 11.4 Å². The van der Waals surface area contributed by atoms with Gasteiger partial charge in [0.05, 0.1) is 0 Å². The molecule has 1 aromatic rings. The number of hydrogen-bond acceptors (Lipinski definition) is 3. The summed E-state index contributed by atoms with van der Waals surface area (Å²) < 4.78 is 38.7. The number of rotatable bonds is 4. The van der Waals surface area contributed by atoms with Crippen molar-refractivity contribution in [2.24, 2.45) is 5.73 Å². The van der Waals surface area contributed by atoms with Crippen LogP contribution in [-0.2, 0) is 10.0 Å². The van der Waals surface area contributed by atoms with E-state index in [1.807, 2.05) is 0 Å². The van der Waals surface area contributed by atoms with Gasteiger partial charge in [0.1, 0.15) is 10.7 Å². The van der Waals surface area contributed by atoms with E-state index in [0.717, 1.165) is 6.07 Å². The minimum absolute atomic E-state index is 0.160. The number of nitrogens with two attached hydrogens (primary N) is 1. The second kappa shape index (κ2) is 4.69. The first-order valence-corrected chi connectivity index (χ1v) is 5.92. The molecule has 0 aliphatic rings. The fourth-order valence-electron chi connectivity index (χ4n) is 1.04. The first-order chi connectivity index (χ1) is 6.97. The maximum atomic E-state index is 13.2. The van der Waals surface area contributed by atoms with Crippen molar-refractivity contribution < 1.29 is 12.8 Å². The van der Waals surface area contributed by atoms with Crippen molar-refractivity contribution in [3.8, 4) is 0 Å². The molecule has 84 valence electrons. The smallest absolute Gasteiger partial charge is 0.243 e. The van der Waals surface area contributed by atoms with Gasteiger partial charge in [0, 0.05) is 12.6 Å². The summed E-state index contributed by atoms with van der Waals surface area (Å²) in [4.78, 5) is -0.356. The van der Waals surface area contributed by atoms with Crippen LogP contribution in [0.2, 0.25) is 0 Å².